The molecule has 49 heavy (non-hydrogen) atoms. The number of carbonyl (C=O) groups excluding carboxylic acids is 3. The fraction of sp³-hybridized carbons (Fsp3) is 0.135. The van der Waals surface area contributed by atoms with Gasteiger partial charge in [0.05, 0.1) is 40.3 Å². The second kappa shape index (κ2) is 14.3. The van der Waals surface area contributed by atoms with Crippen LogP contribution in [-0.2, 0) is 16.0 Å². The molecule has 0 unspecified atom stereocenters. The van der Waals surface area contributed by atoms with E-state index in [-0.39, 0.29) is 34.8 Å². The molecule has 2 N–H and O–H groups in total. The first-order valence-corrected chi connectivity index (χ1v) is 15.6. The Balaban J connectivity index is 0.000000191. The lowest BCUT2D eigenvalue weighted by Crippen LogP contribution is -2.14. The highest BCUT2D eigenvalue weighted by molar-refractivity contribution is 6.42. The first-order valence-electron chi connectivity index (χ1n) is 14.8. The molecular formula is C37H30Cl2N2O8. The number of methoxy groups -OCH3 is 1. The van der Waals surface area contributed by atoms with E-state index in [0.29, 0.717) is 55.3 Å². The average molecular weight is 702 g/mol. The van der Waals surface area contributed by atoms with Crippen LogP contribution in [0.4, 0.5) is 0 Å². The third-order valence-corrected chi connectivity index (χ3v) is 8.58. The highest BCUT2D eigenvalue weighted by Gasteiger charge is 2.24. The Morgan fingerprint density at radius 2 is 1.37 bits per heavy atom. The van der Waals surface area contributed by atoms with Crippen LogP contribution in [-0.4, -0.2) is 50.2 Å². The van der Waals surface area contributed by atoms with Crippen molar-refractivity contribution in [3.05, 3.63) is 123 Å². The molecule has 0 saturated carbocycles. The fourth-order valence-electron chi connectivity index (χ4n) is 5.61. The lowest BCUT2D eigenvalue weighted by atomic mass is 10.1. The number of fused-ring (bicyclic) bond motifs is 2. The molecule has 4 aromatic carbocycles. The number of aliphatic carboxylic acids is 1. The van der Waals surface area contributed by atoms with Gasteiger partial charge in [0, 0.05) is 34.5 Å². The Bertz CT molecular complexity index is 2270. The molecule has 250 valence electrons. The van der Waals surface area contributed by atoms with E-state index in [1.165, 1.54) is 35.8 Å². The van der Waals surface area contributed by atoms with Crippen LogP contribution in [0.1, 0.15) is 44.6 Å². The van der Waals surface area contributed by atoms with Crippen LogP contribution in [0.2, 0.25) is 10.0 Å². The summed E-state index contributed by atoms with van der Waals surface area (Å²) in [7, 11) is 1.55. The number of carbonyl (C=O) groups is 4. The minimum absolute atomic E-state index is 0.0000356. The number of phenols is 1. The van der Waals surface area contributed by atoms with Gasteiger partial charge in [0.1, 0.15) is 11.5 Å². The van der Waals surface area contributed by atoms with Crippen molar-refractivity contribution in [1.29, 1.82) is 0 Å². The molecule has 12 heteroatoms. The van der Waals surface area contributed by atoms with Crippen LogP contribution in [0.3, 0.4) is 0 Å². The van der Waals surface area contributed by atoms with Gasteiger partial charge in [0.15, 0.2) is 5.75 Å². The Kier molecular flexibility index (Phi) is 10.1. The quantitative estimate of drug-likeness (QED) is 0.168. The molecule has 2 aromatic heterocycles. The standard InChI is InChI=1S/C19H17NO4.C18H13Cl2NO4/c1-12-15(11-18(21)22)16-10-14(24-2)8-9-17(16)20(12)19(23)13-6-4-3-5-7-13;1-9-17(25-10(2)22)13-8-12(23)4-6-16(13)21(9)18(24)11-3-5-14(19)15(20)7-11/h3-10H,11H2,1-2H3,(H,21,22);3-8,23H,1-2H3. The van der Waals surface area contributed by atoms with Crippen molar-refractivity contribution in [1.82, 2.24) is 9.13 Å². The molecule has 6 rings (SSSR count). The van der Waals surface area contributed by atoms with Gasteiger partial charge in [-0.15, -0.1) is 0 Å². The number of aromatic nitrogens is 2. The smallest absolute Gasteiger partial charge is 0.308 e. The zero-order valence-electron chi connectivity index (χ0n) is 26.8. The summed E-state index contributed by atoms with van der Waals surface area (Å²) < 4.78 is 13.5. The predicted octanol–water partition coefficient (Wildman–Crippen LogP) is 7.85. The number of carboxylic acid groups (broad SMARTS) is 1. The van der Waals surface area contributed by atoms with Crippen molar-refractivity contribution in [2.45, 2.75) is 27.2 Å². The number of hydrogen-bond acceptors (Lipinski definition) is 7. The van der Waals surface area contributed by atoms with Crippen LogP contribution >= 0.6 is 23.2 Å². The van der Waals surface area contributed by atoms with Crippen molar-refractivity contribution in [2.24, 2.45) is 0 Å². The first kappa shape index (κ1) is 34.7. The van der Waals surface area contributed by atoms with Gasteiger partial charge in [-0.1, -0.05) is 41.4 Å². The highest BCUT2D eigenvalue weighted by atomic mass is 35.5. The summed E-state index contributed by atoms with van der Waals surface area (Å²) in [6, 6.07) is 23.3. The summed E-state index contributed by atoms with van der Waals surface area (Å²) >= 11 is 11.9. The molecule has 6 aromatic rings. The number of hydrogen-bond donors (Lipinski definition) is 2. The number of phenolic OH excluding ortho intramolecular Hbond substituents is 1. The van der Waals surface area contributed by atoms with Crippen LogP contribution in [0.15, 0.2) is 84.9 Å². The van der Waals surface area contributed by atoms with E-state index in [0.717, 1.165) is 5.39 Å². The lowest BCUT2D eigenvalue weighted by molar-refractivity contribution is -0.136. The SMILES string of the molecule is CC(=O)Oc1c(C)n(C(=O)c2ccc(Cl)c(Cl)c2)c2ccc(O)cc12.COc1ccc2c(c1)c(CC(=O)O)c(C)n2C(=O)c1ccccc1. The van der Waals surface area contributed by atoms with Crippen molar-refractivity contribution in [2.75, 3.05) is 7.11 Å². The van der Waals surface area contributed by atoms with Gasteiger partial charge in [0.2, 0.25) is 0 Å². The molecule has 10 nitrogen and oxygen atoms in total. The molecule has 0 radical (unpaired) electrons. The molecule has 0 fully saturated rings. The number of halogens is 2. The third kappa shape index (κ3) is 7.01. The average Bonchev–Trinajstić information content (AvgIpc) is 3.50. The second-order valence-electron chi connectivity index (χ2n) is 11.0. The second-order valence-corrected chi connectivity index (χ2v) is 11.8. The number of aromatic hydroxyl groups is 1. The van der Waals surface area contributed by atoms with E-state index in [9.17, 15) is 29.4 Å². The third-order valence-electron chi connectivity index (χ3n) is 7.84. The summed E-state index contributed by atoms with van der Waals surface area (Å²) in [5, 5.41) is 20.8. The largest absolute Gasteiger partial charge is 0.508 e. The summed E-state index contributed by atoms with van der Waals surface area (Å²) in [4.78, 5) is 48.6. The van der Waals surface area contributed by atoms with Gasteiger partial charge in [-0.2, -0.15) is 0 Å². The van der Waals surface area contributed by atoms with E-state index < -0.39 is 11.9 Å². The van der Waals surface area contributed by atoms with Crippen molar-refractivity contribution >= 4 is 68.8 Å². The molecule has 0 saturated heterocycles. The van der Waals surface area contributed by atoms with Crippen LogP contribution < -0.4 is 9.47 Å². The predicted molar refractivity (Wildman–Crippen MR) is 187 cm³/mol. The number of carboxylic acids is 1. The number of nitrogens with zero attached hydrogens (tertiary/aromatic N) is 2. The van der Waals surface area contributed by atoms with Gasteiger partial charge < -0.3 is 19.7 Å². The summed E-state index contributed by atoms with van der Waals surface area (Å²) in [5.41, 5.74) is 3.76. The Morgan fingerprint density at radius 1 is 0.735 bits per heavy atom. The van der Waals surface area contributed by atoms with Crippen LogP contribution in [0.25, 0.3) is 21.8 Å². The molecule has 0 atom stereocenters. The normalized spacial score (nSPS) is 10.8. The van der Waals surface area contributed by atoms with E-state index >= 15 is 0 Å². The Morgan fingerprint density at radius 3 is 2.00 bits per heavy atom. The summed E-state index contributed by atoms with van der Waals surface area (Å²) in [6.45, 7) is 4.70. The summed E-state index contributed by atoms with van der Waals surface area (Å²) in [5.74, 6) is -1.14. The molecule has 0 aliphatic rings. The lowest BCUT2D eigenvalue weighted by Gasteiger charge is -2.08. The van der Waals surface area contributed by atoms with Crippen LogP contribution in [0.5, 0.6) is 17.2 Å². The molecule has 0 amide bonds. The maximum Gasteiger partial charge on any atom is 0.308 e. The maximum absolute atomic E-state index is 13.0. The highest BCUT2D eigenvalue weighted by Crippen LogP contribution is 2.36. The number of rotatable bonds is 6. The van der Waals surface area contributed by atoms with Gasteiger partial charge in [-0.3, -0.25) is 28.3 Å². The zero-order valence-corrected chi connectivity index (χ0v) is 28.3. The van der Waals surface area contributed by atoms with Crippen molar-refractivity contribution < 1.29 is 38.9 Å². The monoisotopic (exact) mass is 700 g/mol. The zero-order chi connectivity index (χ0) is 35.6. The molecule has 0 spiro atoms. The molecule has 0 bridgehead atoms. The topological polar surface area (TPSA) is 137 Å². The Hall–Kier alpha value is -5.58. The fourth-order valence-corrected chi connectivity index (χ4v) is 5.90. The number of esters is 1. The van der Waals surface area contributed by atoms with Gasteiger partial charge in [-0.05, 0) is 86.1 Å². The minimum Gasteiger partial charge on any atom is -0.508 e. The van der Waals surface area contributed by atoms with Gasteiger partial charge in [-0.25, -0.2) is 0 Å². The first-order chi connectivity index (χ1) is 23.3. The van der Waals surface area contributed by atoms with Gasteiger partial charge in [0.25, 0.3) is 11.8 Å². The molecule has 2 heterocycles. The Labute approximate surface area is 290 Å². The van der Waals surface area contributed by atoms with Crippen molar-refractivity contribution in [3.8, 4) is 17.2 Å². The summed E-state index contributed by atoms with van der Waals surface area (Å²) in [6.07, 6.45) is -0.148. The molecule has 0 aliphatic carbocycles. The van der Waals surface area contributed by atoms with E-state index in [1.54, 1.807) is 80.1 Å². The number of benzene rings is 4. The number of ether oxygens (including phenoxy) is 2. The van der Waals surface area contributed by atoms with Crippen molar-refractivity contribution in [3.63, 3.8) is 0 Å². The van der Waals surface area contributed by atoms with Crippen LogP contribution in [0, 0.1) is 13.8 Å². The molecular weight excluding hydrogens is 671 g/mol. The molecule has 0 aliphatic heterocycles. The van der Waals surface area contributed by atoms with E-state index in [1.807, 2.05) is 6.07 Å². The van der Waals surface area contributed by atoms with Gasteiger partial charge >= 0.3 is 11.9 Å². The van der Waals surface area contributed by atoms with E-state index in [2.05, 4.69) is 0 Å². The minimum atomic E-state index is -0.938. The van der Waals surface area contributed by atoms with E-state index in [4.69, 9.17) is 32.7 Å². The maximum atomic E-state index is 13.0.